The molecule has 1 aliphatic carbocycles. The number of amides is 1. The van der Waals surface area contributed by atoms with Crippen molar-refractivity contribution >= 4 is 28.6 Å². The van der Waals surface area contributed by atoms with Crippen molar-refractivity contribution in [1.29, 1.82) is 0 Å². The van der Waals surface area contributed by atoms with Crippen LogP contribution in [0.2, 0.25) is 0 Å². The quantitative estimate of drug-likeness (QED) is 0.283. The van der Waals surface area contributed by atoms with Gasteiger partial charge < -0.3 is 15.1 Å². The van der Waals surface area contributed by atoms with Crippen LogP contribution in [0.3, 0.4) is 0 Å². The Balaban J connectivity index is 1.56. The number of nitrogens with zero attached hydrogens (tertiary/aromatic N) is 1. The van der Waals surface area contributed by atoms with E-state index in [1.165, 1.54) is 0 Å². The molecule has 4 rings (SSSR count). The molecule has 0 atom stereocenters. The first-order valence-corrected chi connectivity index (χ1v) is 13.2. The summed E-state index contributed by atoms with van der Waals surface area (Å²) in [5.41, 5.74) is 2.33. The van der Waals surface area contributed by atoms with Crippen LogP contribution >= 0.6 is 0 Å². The molecule has 0 unspecified atom stereocenters. The third kappa shape index (κ3) is 6.19. The monoisotopic (exact) mass is 501 g/mol. The minimum atomic E-state index is -0.947. The highest BCUT2D eigenvalue weighted by Gasteiger charge is 2.43. The predicted molar refractivity (Wildman–Crippen MR) is 144 cm³/mol. The van der Waals surface area contributed by atoms with E-state index in [1.807, 2.05) is 36.4 Å². The van der Waals surface area contributed by atoms with Crippen molar-refractivity contribution in [3.63, 3.8) is 0 Å². The average molecular weight is 502 g/mol. The third-order valence-corrected chi connectivity index (χ3v) is 7.60. The SMILES string of the molecule is CCCCCC(=O)N(Cc1ccc2cc(-c3ccc(C(=O)O)cc3)ccc2c1)CC1(C(=O)O)CCCC1. The van der Waals surface area contributed by atoms with Crippen molar-refractivity contribution in [2.45, 2.75) is 64.8 Å². The van der Waals surface area contributed by atoms with Crippen molar-refractivity contribution in [2.24, 2.45) is 5.41 Å². The Hall–Kier alpha value is -3.67. The molecule has 0 radical (unpaired) electrons. The number of rotatable bonds is 11. The normalized spacial score (nSPS) is 14.5. The highest BCUT2D eigenvalue weighted by Crippen LogP contribution is 2.39. The summed E-state index contributed by atoms with van der Waals surface area (Å²) in [6, 6.07) is 19.0. The predicted octanol–water partition coefficient (Wildman–Crippen LogP) is 6.76. The van der Waals surface area contributed by atoms with E-state index in [0.717, 1.165) is 59.6 Å². The van der Waals surface area contributed by atoms with E-state index in [-0.39, 0.29) is 18.0 Å². The van der Waals surface area contributed by atoms with Gasteiger partial charge >= 0.3 is 11.9 Å². The molecule has 3 aromatic rings. The Bertz CT molecular complexity index is 1270. The van der Waals surface area contributed by atoms with Crippen LogP contribution in [0.25, 0.3) is 21.9 Å². The molecular weight excluding hydrogens is 466 g/mol. The van der Waals surface area contributed by atoms with Gasteiger partial charge in [0, 0.05) is 19.5 Å². The van der Waals surface area contributed by atoms with Crippen molar-refractivity contribution in [3.8, 4) is 11.1 Å². The molecule has 0 aromatic heterocycles. The molecule has 1 aliphatic rings. The molecule has 37 heavy (non-hydrogen) atoms. The van der Waals surface area contributed by atoms with Crippen LogP contribution in [-0.2, 0) is 16.1 Å². The maximum Gasteiger partial charge on any atom is 0.335 e. The second kappa shape index (κ2) is 11.6. The zero-order valence-electron chi connectivity index (χ0n) is 21.4. The summed E-state index contributed by atoms with van der Waals surface area (Å²) in [4.78, 5) is 38.3. The van der Waals surface area contributed by atoms with E-state index >= 15 is 0 Å². The molecule has 0 bridgehead atoms. The zero-order valence-corrected chi connectivity index (χ0v) is 21.4. The Kier molecular flexibility index (Phi) is 8.27. The number of hydrogen-bond donors (Lipinski definition) is 2. The highest BCUT2D eigenvalue weighted by atomic mass is 16.4. The lowest BCUT2D eigenvalue weighted by molar-refractivity contribution is -0.151. The van der Waals surface area contributed by atoms with Crippen LogP contribution in [0.15, 0.2) is 60.7 Å². The van der Waals surface area contributed by atoms with E-state index in [2.05, 4.69) is 19.1 Å². The third-order valence-electron chi connectivity index (χ3n) is 7.60. The summed E-state index contributed by atoms with van der Waals surface area (Å²) in [6.45, 7) is 2.76. The number of aromatic carboxylic acids is 1. The summed E-state index contributed by atoms with van der Waals surface area (Å²) < 4.78 is 0. The second-order valence-corrected chi connectivity index (χ2v) is 10.3. The fourth-order valence-corrected chi connectivity index (χ4v) is 5.37. The molecule has 0 saturated heterocycles. The summed E-state index contributed by atoms with van der Waals surface area (Å²) in [6.07, 6.45) is 6.30. The number of aliphatic carboxylic acids is 1. The summed E-state index contributed by atoms with van der Waals surface area (Å²) >= 11 is 0. The van der Waals surface area contributed by atoms with Gasteiger partial charge in [-0.1, -0.05) is 69.0 Å². The largest absolute Gasteiger partial charge is 0.481 e. The Labute approximate surface area is 217 Å². The van der Waals surface area contributed by atoms with Gasteiger partial charge in [-0.25, -0.2) is 4.79 Å². The number of carbonyl (C=O) groups excluding carboxylic acids is 1. The van der Waals surface area contributed by atoms with Gasteiger partial charge in [-0.2, -0.15) is 0 Å². The van der Waals surface area contributed by atoms with Gasteiger partial charge in [0.15, 0.2) is 0 Å². The minimum absolute atomic E-state index is 0.0289. The number of benzene rings is 3. The molecule has 6 nitrogen and oxygen atoms in total. The lowest BCUT2D eigenvalue weighted by atomic mass is 9.85. The molecule has 0 spiro atoms. The molecular formula is C31H35NO5. The number of carbonyl (C=O) groups is 3. The van der Waals surface area contributed by atoms with Gasteiger partial charge in [-0.15, -0.1) is 0 Å². The summed E-state index contributed by atoms with van der Waals surface area (Å²) in [5, 5.41) is 21.2. The average Bonchev–Trinajstić information content (AvgIpc) is 3.38. The van der Waals surface area contributed by atoms with Crippen LogP contribution in [0.4, 0.5) is 0 Å². The second-order valence-electron chi connectivity index (χ2n) is 10.3. The first-order chi connectivity index (χ1) is 17.8. The maximum atomic E-state index is 13.2. The number of unbranched alkanes of at least 4 members (excludes halogenated alkanes) is 2. The molecule has 1 saturated carbocycles. The molecule has 1 fully saturated rings. The van der Waals surface area contributed by atoms with Crippen molar-refractivity contribution in [1.82, 2.24) is 4.90 Å². The number of fused-ring (bicyclic) bond motifs is 1. The van der Waals surface area contributed by atoms with Crippen LogP contribution in [-0.4, -0.2) is 39.5 Å². The van der Waals surface area contributed by atoms with E-state index < -0.39 is 17.4 Å². The number of carboxylic acids is 2. The maximum absolute atomic E-state index is 13.2. The summed E-state index contributed by atoms with van der Waals surface area (Å²) in [5.74, 6) is -1.71. The van der Waals surface area contributed by atoms with E-state index in [9.17, 15) is 19.5 Å². The lowest BCUT2D eigenvalue weighted by Gasteiger charge is -2.32. The van der Waals surface area contributed by atoms with E-state index in [4.69, 9.17) is 5.11 Å². The first-order valence-electron chi connectivity index (χ1n) is 13.2. The topological polar surface area (TPSA) is 94.9 Å². The fraction of sp³-hybridized carbons (Fsp3) is 0.387. The van der Waals surface area contributed by atoms with E-state index in [0.29, 0.717) is 25.8 Å². The van der Waals surface area contributed by atoms with Gasteiger partial charge in [0.25, 0.3) is 0 Å². The molecule has 194 valence electrons. The molecule has 2 N–H and O–H groups in total. The van der Waals surface area contributed by atoms with Crippen LogP contribution in [0.5, 0.6) is 0 Å². The zero-order chi connectivity index (χ0) is 26.4. The standard InChI is InChI=1S/C31H35NO5/c1-2-3-4-7-28(33)32(21-31(30(36)37)16-5-6-17-31)20-22-8-9-27-19-26(15-14-25(27)18-22)23-10-12-24(13-11-23)29(34)35/h8-15,18-19H,2-7,16-17,20-21H2,1H3,(H,34,35)(H,36,37). The Morgan fingerprint density at radius 2 is 1.49 bits per heavy atom. The Morgan fingerprint density at radius 3 is 2.14 bits per heavy atom. The molecule has 1 amide bonds. The van der Waals surface area contributed by atoms with Gasteiger partial charge in [0.2, 0.25) is 5.91 Å². The van der Waals surface area contributed by atoms with Gasteiger partial charge in [0.1, 0.15) is 0 Å². The molecule has 0 aliphatic heterocycles. The fourth-order valence-electron chi connectivity index (χ4n) is 5.37. The van der Waals surface area contributed by atoms with Gasteiger partial charge in [0.05, 0.1) is 11.0 Å². The minimum Gasteiger partial charge on any atom is -0.481 e. The van der Waals surface area contributed by atoms with E-state index in [1.54, 1.807) is 17.0 Å². The molecule has 6 heteroatoms. The smallest absolute Gasteiger partial charge is 0.335 e. The molecule has 3 aromatic carbocycles. The van der Waals surface area contributed by atoms with Crippen LogP contribution < -0.4 is 0 Å². The highest BCUT2D eigenvalue weighted by molar-refractivity contribution is 5.90. The van der Waals surface area contributed by atoms with Crippen molar-refractivity contribution in [2.75, 3.05) is 6.54 Å². The first kappa shape index (κ1) is 26.4. The number of hydrogen-bond acceptors (Lipinski definition) is 3. The van der Waals surface area contributed by atoms with Gasteiger partial charge in [-0.05, 0) is 71.0 Å². The summed E-state index contributed by atoms with van der Waals surface area (Å²) in [7, 11) is 0. The van der Waals surface area contributed by atoms with Crippen LogP contribution in [0, 0.1) is 5.41 Å². The van der Waals surface area contributed by atoms with Crippen molar-refractivity contribution in [3.05, 3.63) is 71.8 Å². The molecule has 0 heterocycles. The Morgan fingerprint density at radius 1 is 0.838 bits per heavy atom. The number of carboxylic acid groups (broad SMARTS) is 2. The van der Waals surface area contributed by atoms with Crippen LogP contribution in [0.1, 0.15) is 74.2 Å². The lowest BCUT2D eigenvalue weighted by Crippen LogP contribution is -2.44. The van der Waals surface area contributed by atoms with Gasteiger partial charge in [-0.3, -0.25) is 9.59 Å². The van der Waals surface area contributed by atoms with Crippen molar-refractivity contribution < 1.29 is 24.6 Å².